The van der Waals surface area contributed by atoms with Crippen molar-refractivity contribution in [3.8, 4) is 0 Å². The van der Waals surface area contributed by atoms with Gasteiger partial charge in [-0.1, -0.05) is 0 Å². The summed E-state index contributed by atoms with van der Waals surface area (Å²) in [6, 6.07) is 0.442. The lowest BCUT2D eigenvalue weighted by atomic mass is 10.1. The highest BCUT2D eigenvalue weighted by atomic mass is 15.2. The van der Waals surface area contributed by atoms with E-state index >= 15 is 0 Å². The van der Waals surface area contributed by atoms with Gasteiger partial charge in [-0.2, -0.15) is 0 Å². The molecule has 2 N–H and O–H groups in total. The third kappa shape index (κ3) is 2.76. The van der Waals surface area contributed by atoms with Gasteiger partial charge in [0.1, 0.15) is 0 Å². The summed E-state index contributed by atoms with van der Waals surface area (Å²) in [4.78, 5) is 2.54. The van der Waals surface area contributed by atoms with Crippen molar-refractivity contribution in [1.29, 1.82) is 0 Å². The number of likely N-dealkylation sites (tertiary alicyclic amines) is 1. The molecule has 12 heavy (non-hydrogen) atoms. The molecule has 1 atom stereocenters. The van der Waals surface area contributed by atoms with E-state index in [0.29, 0.717) is 11.6 Å². The van der Waals surface area contributed by atoms with Crippen LogP contribution in [0.3, 0.4) is 0 Å². The summed E-state index contributed by atoms with van der Waals surface area (Å²) in [7, 11) is 0. The van der Waals surface area contributed by atoms with Gasteiger partial charge in [0.2, 0.25) is 0 Å². The average Bonchev–Trinajstić information content (AvgIpc) is 2.11. The molecule has 1 fully saturated rings. The summed E-state index contributed by atoms with van der Waals surface area (Å²) in [6.07, 6.45) is 3.63. The van der Waals surface area contributed by atoms with E-state index in [0.717, 1.165) is 6.42 Å². The molecule has 2 heteroatoms. The van der Waals surface area contributed by atoms with Gasteiger partial charge >= 0.3 is 0 Å². The van der Waals surface area contributed by atoms with Crippen molar-refractivity contribution in [1.82, 2.24) is 4.90 Å². The van der Waals surface area contributed by atoms with Gasteiger partial charge in [-0.3, -0.25) is 4.90 Å². The fourth-order valence-electron chi connectivity index (χ4n) is 1.79. The normalized spacial score (nSPS) is 28.5. The summed E-state index contributed by atoms with van der Waals surface area (Å²) >= 11 is 0. The zero-order valence-electron chi connectivity index (χ0n) is 8.64. The third-order valence-electron chi connectivity index (χ3n) is 2.72. The average molecular weight is 170 g/mol. The molecule has 1 unspecified atom stereocenters. The fourth-order valence-corrected chi connectivity index (χ4v) is 1.79. The van der Waals surface area contributed by atoms with Crippen molar-refractivity contribution in [2.45, 2.75) is 51.6 Å². The van der Waals surface area contributed by atoms with Crippen LogP contribution in [-0.2, 0) is 0 Å². The Labute approximate surface area is 76.1 Å². The van der Waals surface area contributed by atoms with Crippen LogP contribution in [-0.4, -0.2) is 29.6 Å². The predicted octanol–water partition coefficient (Wildman–Crippen LogP) is 1.60. The number of rotatable bonds is 0. The first-order valence-corrected chi connectivity index (χ1v) is 5.01. The lowest BCUT2D eigenvalue weighted by molar-refractivity contribution is 0.142. The van der Waals surface area contributed by atoms with E-state index in [-0.39, 0.29) is 0 Å². The molecule has 1 rings (SSSR count). The highest BCUT2D eigenvalue weighted by molar-refractivity contribution is 4.80. The number of hydrogen-bond acceptors (Lipinski definition) is 2. The van der Waals surface area contributed by atoms with Crippen LogP contribution < -0.4 is 5.73 Å². The first kappa shape index (κ1) is 10.0. The number of hydrogen-bond donors (Lipinski definition) is 1. The van der Waals surface area contributed by atoms with Crippen LogP contribution in [0.25, 0.3) is 0 Å². The van der Waals surface area contributed by atoms with Crippen molar-refractivity contribution in [2.24, 2.45) is 5.73 Å². The first-order valence-electron chi connectivity index (χ1n) is 5.01. The summed E-state index contributed by atoms with van der Waals surface area (Å²) < 4.78 is 0. The molecule has 0 aromatic heterocycles. The van der Waals surface area contributed by atoms with Crippen molar-refractivity contribution in [2.75, 3.05) is 13.1 Å². The molecule has 0 aromatic rings. The maximum absolute atomic E-state index is 5.91. The Morgan fingerprint density at radius 2 is 1.83 bits per heavy atom. The van der Waals surface area contributed by atoms with E-state index in [4.69, 9.17) is 5.73 Å². The minimum Gasteiger partial charge on any atom is -0.328 e. The second-order valence-electron chi connectivity index (χ2n) is 4.85. The van der Waals surface area contributed by atoms with Crippen LogP contribution in [0.15, 0.2) is 0 Å². The van der Waals surface area contributed by atoms with Crippen LogP contribution in [0.1, 0.15) is 40.0 Å². The molecule has 1 heterocycles. The summed E-state index contributed by atoms with van der Waals surface area (Å²) in [5.41, 5.74) is 6.24. The second kappa shape index (κ2) is 3.75. The van der Waals surface area contributed by atoms with E-state index in [1.165, 1.54) is 25.9 Å². The fraction of sp³-hybridized carbons (Fsp3) is 1.00. The highest BCUT2D eigenvalue weighted by Crippen LogP contribution is 2.18. The molecule has 0 amide bonds. The topological polar surface area (TPSA) is 29.3 Å². The largest absolute Gasteiger partial charge is 0.328 e. The predicted molar refractivity (Wildman–Crippen MR) is 53.2 cm³/mol. The summed E-state index contributed by atoms with van der Waals surface area (Å²) in [6.45, 7) is 9.24. The first-order chi connectivity index (χ1) is 5.50. The molecule has 1 aliphatic heterocycles. The third-order valence-corrected chi connectivity index (χ3v) is 2.72. The minimum atomic E-state index is 0.323. The monoisotopic (exact) mass is 170 g/mol. The standard InChI is InChI=1S/C10H22N2/c1-10(2,3)12-7-4-5-9(11)6-8-12/h9H,4-8,11H2,1-3H3. The molecule has 0 aliphatic carbocycles. The van der Waals surface area contributed by atoms with Gasteiger partial charge < -0.3 is 5.73 Å². The van der Waals surface area contributed by atoms with Gasteiger partial charge in [-0.25, -0.2) is 0 Å². The lowest BCUT2D eigenvalue weighted by Gasteiger charge is -2.34. The van der Waals surface area contributed by atoms with E-state index in [9.17, 15) is 0 Å². The molecular formula is C10H22N2. The molecule has 1 aliphatic rings. The maximum Gasteiger partial charge on any atom is 0.0125 e. The number of nitrogens with two attached hydrogens (primary N) is 1. The summed E-state index contributed by atoms with van der Waals surface area (Å²) in [5.74, 6) is 0. The van der Waals surface area contributed by atoms with Crippen LogP contribution in [0.2, 0.25) is 0 Å². The Balaban J connectivity index is 2.46. The molecule has 0 aromatic carbocycles. The molecule has 2 nitrogen and oxygen atoms in total. The second-order valence-corrected chi connectivity index (χ2v) is 4.85. The van der Waals surface area contributed by atoms with Gasteiger partial charge in [0.25, 0.3) is 0 Å². The van der Waals surface area contributed by atoms with Crippen LogP contribution in [0, 0.1) is 0 Å². The molecule has 1 saturated heterocycles. The zero-order valence-corrected chi connectivity index (χ0v) is 8.64. The Morgan fingerprint density at radius 1 is 1.17 bits per heavy atom. The van der Waals surface area contributed by atoms with Crippen LogP contribution in [0.4, 0.5) is 0 Å². The summed E-state index contributed by atoms with van der Waals surface area (Å²) in [5, 5.41) is 0. The maximum atomic E-state index is 5.91. The Kier molecular flexibility index (Phi) is 3.13. The molecule has 72 valence electrons. The molecule has 0 radical (unpaired) electrons. The van der Waals surface area contributed by atoms with Crippen LogP contribution in [0.5, 0.6) is 0 Å². The Hall–Kier alpha value is -0.0800. The van der Waals surface area contributed by atoms with Crippen molar-refractivity contribution in [3.63, 3.8) is 0 Å². The Bertz CT molecular complexity index is 137. The lowest BCUT2D eigenvalue weighted by Crippen LogP contribution is -2.42. The zero-order chi connectivity index (χ0) is 9.19. The number of nitrogens with zero attached hydrogens (tertiary/aromatic N) is 1. The van der Waals surface area contributed by atoms with Crippen molar-refractivity contribution >= 4 is 0 Å². The SMILES string of the molecule is CC(C)(C)N1CCCC(N)CC1. The van der Waals surface area contributed by atoms with Gasteiger partial charge in [0.15, 0.2) is 0 Å². The van der Waals surface area contributed by atoms with E-state index in [1.807, 2.05) is 0 Å². The van der Waals surface area contributed by atoms with Crippen molar-refractivity contribution < 1.29 is 0 Å². The van der Waals surface area contributed by atoms with Gasteiger partial charge in [0.05, 0.1) is 0 Å². The molecule has 0 spiro atoms. The van der Waals surface area contributed by atoms with Gasteiger partial charge in [-0.05, 0) is 46.6 Å². The van der Waals surface area contributed by atoms with Crippen LogP contribution >= 0.6 is 0 Å². The van der Waals surface area contributed by atoms with E-state index < -0.39 is 0 Å². The van der Waals surface area contributed by atoms with E-state index in [1.54, 1.807) is 0 Å². The molecule has 0 saturated carbocycles. The Morgan fingerprint density at radius 3 is 2.42 bits per heavy atom. The molecular weight excluding hydrogens is 148 g/mol. The van der Waals surface area contributed by atoms with Gasteiger partial charge in [-0.15, -0.1) is 0 Å². The van der Waals surface area contributed by atoms with Crippen molar-refractivity contribution in [3.05, 3.63) is 0 Å². The van der Waals surface area contributed by atoms with Gasteiger partial charge in [0, 0.05) is 18.1 Å². The quantitative estimate of drug-likeness (QED) is 0.598. The molecule has 0 bridgehead atoms. The van der Waals surface area contributed by atoms with E-state index in [2.05, 4.69) is 25.7 Å². The smallest absolute Gasteiger partial charge is 0.0125 e. The minimum absolute atomic E-state index is 0.323. The highest BCUT2D eigenvalue weighted by Gasteiger charge is 2.23.